The second-order valence-electron chi connectivity index (χ2n) is 2.09. The van der Waals surface area contributed by atoms with Gasteiger partial charge < -0.3 is 4.42 Å². The second kappa shape index (κ2) is 2.30. The van der Waals surface area contributed by atoms with Crippen LogP contribution in [0.5, 0.6) is 0 Å². The predicted octanol–water partition coefficient (Wildman–Crippen LogP) is 2.73. The lowest BCUT2D eigenvalue weighted by molar-refractivity contribution is 0.588. The molecule has 0 spiro atoms. The van der Waals surface area contributed by atoms with Crippen molar-refractivity contribution in [3.63, 3.8) is 0 Å². The Labute approximate surface area is 70.2 Å². The van der Waals surface area contributed by atoms with Crippen LogP contribution in [0.4, 0.5) is 4.39 Å². The summed E-state index contributed by atoms with van der Waals surface area (Å²) in [6.07, 6.45) is 1.29. The van der Waals surface area contributed by atoms with Crippen LogP contribution in [-0.2, 0) is 0 Å². The number of oxazole rings is 1. The van der Waals surface area contributed by atoms with Crippen LogP contribution in [-0.4, -0.2) is 4.98 Å². The summed E-state index contributed by atoms with van der Waals surface area (Å²) in [5.74, 6) is -0.339. The summed E-state index contributed by atoms with van der Waals surface area (Å²) in [6, 6.07) is 2.88. The van der Waals surface area contributed by atoms with Crippen molar-refractivity contribution in [1.29, 1.82) is 0 Å². The highest BCUT2D eigenvalue weighted by molar-refractivity contribution is 9.10. The maximum Gasteiger partial charge on any atom is 0.181 e. The first-order valence-electron chi connectivity index (χ1n) is 2.95. The van der Waals surface area contributed by atoms with Gasteiger partial charge in [-0.25, -0.2) is 9.37 Å². The van der Waals surface area contributed by atoms with Gasteiger partial charge in [0.25, 0.3) is 0 Å². The van der Waals surface area contributed by atoms with Crippen molar-refractivity contribution in [3.05, 3.63) is 28.8 Å². The number of rotatable bonds is 0. The minimum Gasteiger partial charge on any atom is -0.443 e. The first-order chi connectivity index (χ1) is 5.27. The lowest BCUT2D eigenvalue weighted by Gasteiger charge is -1.90. The van der Waals surface area contributed by atoms with Gasteiger partial charge >= 0.3 is 0 Å². The van der Waals surface area contributed by atoms with E-state index in [1.165, 1.54) is 12.5 Å². The summed E-state index contributed by atoms with van der Waals surface area (Å²) in [4.78, 5) is 3.86. The van der Waals surface area contributed by atoms with Gasteiger partial charge in [-0.2, -0.15) is 0 Å². The van der Waals surface area contributed by atoms with Gasteiger partial charge in [0.2, 0.25) is 0 Å². The fourth-order valence-corrected chi connectivity index (χ4v) is 1.18. The number of nitrogens with zero attached hydrogens (tertiary/aromatic N) is 1. The molecule has 0 saturated heterocycles. The molecule has 2 rings (SSSR count). The van der Waals surface area contributed by atoms with Crippen LogP contribution >= 0.6 is 15.9 Å². The van der Waals surface area contributed by atoms with Crippen molar-refractivity contribution in [2.45, 2.75) is 0 Å². The molecule has 2 aromatic rings. The maximum absolute atomic E-state index is 12.8. The van der Waals surface area contributed by atoms with Gasteiger partial charge in [-0.05, 0) is 22.0 Å². The molecule has 0 bridgehead atoms. The van der Waals surface area contributed by atoms with E-state index in [1.54, 1.807) is 6.07 Å². The molecule has 1 heterocycles. The van der Waals surface area contributed by atoms with Crippen molar-refractivity contribution in [2.75, 3.05) is 0 Å². The quantitative estimate of drug-likeness (QED) is 0.676. The Bertz CT molecular complexity index is 362. The lowest BCUT2D eigenvalue weighted by Crippen LogP contribution is -1.75. The Balaban J connectivity index is 2.86. The smallest absolute Gasteiger partial charge is 0.181 e. The van der Waals surface area contributed by atoms with Gasteiger partial charge in [-0.15, -0.1) is 0 Å². The summed E-state index contributed by atoms with van der Waals surface area (Å²) >= 11 is 3.04. The minimum atomic E-state index is -0.339. The van der Waals surface area contributed by atoms with E-state index in [1.807, 2.05) is 0 Å². The van der Waals surface area contributed by atoms with Gasteiger partial charge in [-0.3, -0.25) is 0 Å². The van der Waals surface area contributed by atoms with Gasteiger partial charge in [0.15, 0.2) is 12.0 Å². The molecule has 0 aliphatic rings. The summed E-state index contributed by atoms with van der Waals surface area (Å²) in [5, 5.41) is 0. The van der Waals surface area contributed by atoms with E-state index < -0.39 is 0 Å². The molecule has 56 valence electrons. The Morgan fingerprint density at radius 2 is 2.27 bits per heavy atom. The van der Waals surface area contributed by atoms with Crippen LogP contribution in [0, 0.1) is 5.82 Å². The minimum absolute atomic E-state index is 0.339. The number of hydrogen-bond acceptors (Lipinski definition) is 2. The standard InChI is InChI=1S/C7H3BrFNO/c8-4-1-6-7(2-5(4)9)11-3-10-6/h1-3H. The molecule has 0 N–H and O–H groups in total. The molecule has 0 radical (unpaired) electrons. The molecule has 4 heteroatoms. The van der Waals surface area contributed by atoms with Crippen molar-refractivity contribution in [1.82, 2.24) is 4.98 Å². The van der Waals surface area contributed by atoms with Crippen molar-refractivity contribution >= 4 is 27.0 Å². The van der Waals surface area contributed by atoms with E-state index in [9.17, 15) is 4.39 Å². The fraction of sp³-hybridized carbons (Fsp3) is 0. The third-order valence-electron chi connectivity index (χ3n) is 1.37. The van der Waals surface area contributed by atoms with E-state index in [0.29, 0.717) is 15.6 Å². The van der Waals surface area contributed by atoms with Crippen LogP contribution in [0.25, 0.3) is 11.1 Å². The van der Waals surface area contributed by atoms with Crippen LogP contribution in [0.1, 0.15) is 0 Å². The molecule has 1 aromatic heterocycles. The molecule has 0 aliphatic heterocycles. The molecule has 0 fully saturated rings. The Hall–Kier alpha value is -0.900. The zero-order valence-electron chi connectivity index (χ0n) is 5.34. The van der Waals surface area contributed by atoms with Crippen molar-refractivity contribution < 1.29 is 8.81 Å². The molecule has 0 amide bonds. The third-order valence-corrected chi connectivity index (χ3v) is 1.98. The highest BCUT2D eigenvalue weighted by Crippen LogP contribution is 2.21. The summed E-state index contributed by atoms with van der Waals surface area (Å²) in [7, 11) is 0. The Morgan fingerprint density at radius 1 is 1.45 bits per heavy atom. The largest absolute Gasteiger partial charge is 0.443 e. The highest BCUT2D eigenvalue weighted by atomic mass is 79.9. The first-order valence-corrected chi connectivity index (χ1v) is 3.75. The van der Waals surface area contributed by atoms with Crippen LogP contribution in [0.15, 0.2) is 27.4 Å². The Kier molecular flexibility index (Phi) is 1.42. The number of benzene rings is 1. The molecule has 2 nitrogen and oxygen atoms in total. The third kappa shape index (κ3) is 1.03. The molecule has 0 aliphatic carbocycles. The predicted molar refractivity (Wildman–Crippen MR) is 41.7 cm³/mol. The summed E-state index contributed by atoms with van der Waals surface area (Å²) < 4.78 is 18.1. The highest BCUT2D eigenvalue weighted by Gasteiger charge is 2.03. The average molecular weight is 216 g/mol. The first kappa shape index (κ1) is 6.79. The molecule has 1 aromatic carbocycles. The van der Waals surface area contributed by atoms with Crippen LogP contribution in [0.2, 0.25) is 0 Å². The molecular weight excluding hydrogens is 213 g/mol. The number of halogens is 2. The zero-order valence-corrected chi connectivity index (χ0v) is 6.93. The maximum atomic E-state index is 12.8. The monoisotopic (exact) mass is 215 g/mol. The van der Waals surface area contributed by atoms with Gasteiger partial charge in [0.05, 0.1) is 4.47 Å². The molecular formula is C7H3BrFNO. The number of aromatic nitrogens is 1. The van der Waals surface area contributed by atoms with Gasteiger partial charge in [-0.1, -0.05) is 0 Å². The van der Waals surface area contributed by atoms with E-state index in [2.05, 4.69) is 20.9 Å². The van der Waals surface area contributed by atoms with Crippen LogP contribution < -0.4 is 0 Å². The fourth-order valence-electron chi connectivity index (χ4n) is 0.853. The second-order valence-corrected chi connectivity index (χ2v) is 2.94. The topological polar surface area (TPSA) is 26.0 Å². The van der Waals surface area contributed by atoms with Gasteiger partial charge in [0.1, 0.15) is 11.3 Å². The average Bonchev–Trinajstić information content (AvgIpc) is 2.36. The normalized spacial score (nSPS) is 10.7. The van der Waals surface area contributed by atoms with Crippen molar-refractivity contribution in [3.8, 4) is 0 Å². The number of hydrogen-bond donors (Lipinski definition) is 0. The summed E-state index contributed by atoms with van der Waals surface area (Å²) in [6.45, 7) is 0. The summed E-state index contributed by atoms with van der Waals surface area (Å²) in [5.41, 5.74) is 1.11. The number of fused-ring (bicyclic) bond motifs is 1. The molecule has 0 unspecified atom stereocenters. The van der Waals surface area contributed by atoms with Crippen LogP contribution in [0.3, 0.4) is 0 Å². The van der Waals surface area contributed by atoms with E-state index in [-0.39, 0.29) is 5.82 Å². The van der Waals surface area contributed by atoms with E-state index >= 15 is 0 Å². The zero-order chi connectivity index (χ0) is 7.84. The lowest BCUT2D eigenvalue weighted by atomic mass is 10.3. The van der Waals surface area contributed by atoms with E-state index in [4.69, 9.17) is 4.42 Å². The molecule has 11 heavy (non-hydrogen) atoms. The molecule has 0 atom stereocenters. The SMILES string of the molecule is Fc1cc2ocnc2cc1Br. The van der Waals surface area contributed by atoms with Gasteiger partial charge in [0, 0.05) is 6.07 Å². The Morgan fingerprint density at radius 3 is 3.09 bits per heavy atom. The molecule has 0 saturated carbocycles. The van der Waals surface area contributed by atoms with Crippen molar-refractivity contribution in [2.24, 2.45) is 0 Å². The van der Waals surface area contributed by atoms with E-state index in [0.717, 1.165) is 0 Å².